The van der Waals surface area contributed by atoms with Crippen LogP contribution in [0, 0.1) is 31.6 Å². The number of rotatable bonds is 3. The lowest BCUT2D eigenvalue weighted by Crippen LogP contribution is -2.53. The number of nitrogens with zero attached hydrogens (tertiary/aromatic N) is 3. The molecule has 2 heterocycles. The van der Waals surface area contributed by atoms with Crippen LogP contribution in [0.1, 0.15) is 36.3 Å². The van der Waals surface area contributed by atoms with Gasteiger partial charge >= 0.3 is 0 Å². The second kappa shape index (κ2) is 6.15. The van der Waals surface area contributed by atoms with Crippen molar-refractivity contribution in [1.29, 1.82) is 0 Å². The Bertz CT molecular complexity index is 599. The van der Waals surface area contributed by atoms with Crippen LogP contribution in [0.2, 0.25) is 0 Å². The summed E-state index contributed by atoms with van der Waals surface area (Å²) in [5, 5.41) is 4.03. The van der Waals surface area contributed by atoms with Crippen LogP contribution in [-0.2, 0) is 11.3 Å². The zero-order valence-electron chi connectivity index (χ0n) is 14.7. The quantitative estimate of drug-likeness (QED) is 0.903. The number of aryl methyl sites for hydroxylation is 2. The van der Waals surface area contributed by atoms with Gasteiger partial charge in [0.05, 0.1) is 11.6 Å². The van der Waals surface area contributed by atoms with Crippen molar-refractivity contribution in [3.63, 3.8) is 0 Å². The normalized spacial score (nSPS) is 33.4. The van der Waals surface area contributed by atoms with Crippen LogP contribution in [-0.4, -0.2) is 53.1 Å². The fourth-order valence-electron chi connectivity index (χ4n) is 4.99. The van der Waals surface area contributed by atoms with Gasteiger partial charge in [-0.3, -0.25) is 9.69 Å². The Hall–Kier alpha value is -1.40. The van der Waals surface area contributed by atoms with E-state index in [0.29, 0.717) is 17.7 Å². The number of hydrogen-bond acceptors (Lipinski definition) is 5. The third-order valence-electron chi connectivity index (χ3n) is 6.51. The summed E-state index contributed by atoms with van der Waals surface area (Å²) in [6.45, 7) is 8.24. The summed E-state index contributed by atoms with van der Waals surface area (Å²) in [6, 6.07) is 0.0941. The lowest BCUT2D eigenvalue weighted by molar-refractivity contribution is -0.139. The first-order chi connectivity index (χ1) is 11.5. The van der Waals surface area contributed by atoms with Crippen LogP contribution in [0.25, 0.3) is 0 Å². The standard InChI is InChI=1S/C18H28N4O2/c1-11-15(12(2)24-20-11)10-21-5-7-22(8-6-21)18(23)16-13-3-4-14(9-13)17(16)19/h13-14,16-17H,3-10,19H2,1-2H3. The predicted octanol–water partition coefficient (Wildman–Crippen LogP) is 1.31. The van der Waals surface area contributed by atoms with Gasteiger partial charge in [0, 0.05) is 44.3 Å². The molecule has 2 aliphatic carbocycles. The maximum absolute atomic E-state index is 12.9. The molecule has 1 aromatic heterocycles. The number of amides is 1. The molecular weight excluding hydrogens is 304 g/mol. The topological polar surface area (TPSA) is 75.6 Å². The van der Waals surface area contributed by atoms with Gasteiger partial charge in [-0.25, -0.2) is 0 Å². The lowest BCUT2D eigenvalue weighted by Gasteiger charge is -2.38. The molecule has 1 amide bonds. The zero-order chi connectivity index (χ0) is 16.8. The monoisotopic (exact) mass is 332 g/mol. The fraction of sp³-hybridized carbons (Fsp3) is 0.778. The SMILES string of the molecule is Cc1noc(C)c1CN1CCN(C(=O)C2C3CCC(C3)C2N)CC1. The van der Waals surface area contributed by atoms with Crippen molar-refractivity contribution in [2.24, 2.45) is 23.5 Å². The van der Waals surface area contributed by atoms with Gasteiger partial charge in [-0.2, -0.15) is 0 Å². The summed E-state index contributed by atoms with van der Waals surface area (Å²) >= 11 is 0. The Morgan fingerprint density at radius 1 is 1.21 bits per heavy atom. The maximum atomic E-state index is 12.9. The van der Waals surface area contributed by atoms with Gasteiger partial charge in [-0.05, 0) is 44.9 Å². The van der Waals surface area contributed by atoms with Gasteiger partial charge in [0.25, 0.3) is 0 Å². The average molecular weight is 332 g/mol. The van der Waals surface area contributed by atoms with Crippen LogP contribution >= 0.6 is 0 Å². The summed E-state index contributed by atoms with van der Waals surface area (Å²) in [6.07, 6.45) is 3.59. The Kier molecular flexibility index (Phi) is 4.12. The lowest BCUT2D eigenvalue weighted by atomic mass is 9.84. The highest BCUT2D eigenvalue weighted by Crippen LogP contribution is 2.48. The first kappa shape index (κ1) is 16.1. The van der Waals surface area contributed by atoms with E-state index in [1.165, 1.54) is 24.8 Å². The Morgan fingerprint density at radius 2 is 1.92 bits per heavy atom. The van der Waals surface area contributed by atoms with Crippen molar-refractivity contribution in [2.75, 3.05) is 26.2 Å². The Morgan fingerprint density at radius 3 is 2.50 bits per heavy atom. The van der Waals surface area contributed by atoms with Crippen LogP contribution in [0.4, 0.5) is 0 Å². The molecule has 132 valence electrons. The summed E-state index contributed by atoms with van der Waals surface area (Å²) in [4.78, 5) is 17.4. The van der Waals surface area contributed by atoms with E-state index in [1.807, 2.05) is 13.8 Å². The predicted molar refractivity (Wildman–Crippen MR) is 90.1 cm³/mol. The van der Waals surface area contributed by atoms with E-state index in [9.17, 15) is 4.79 Å². The van der Waals surface area contributed by atoms with Gasteiger partial charge in [0.1, 0.15) is 5.76 Å². The molecule has 2 N–H and O–H groups in total. The molecule has 4 atom stereocenters. The van der Waals surface area contributed by atoms with Crippen molar-refractivity contribution in [3.05, 3.63) is 17.0 Å². The van der Waals surface area contributed by atoms with Crippen LogP contribution in [0.3, 0.4) is 0 Å². The number of carbonyl (C=O) groups excluding carboxylic acids is 1. The summed E-state index contributed by atoms with van der Waals surface area (Å²) in [5.41, 5.74) is 8.50. The highest BCUT2D eigenvalue weighted by atomic mass is 16.5. The van der Waals surface area contributed by atoms with Gasteiger partial charge in [-0.15, -0.1) is 0 Å². The molecule has 6 heteroatoms. The van der Waals surface area contributed by atoms with E-state index in [0.717, 1.165) is 44.2 Å². The van der Waals surface area contributed by atoms with Crippen molar-refractivity contribution in [1.82, 2.24) is 15.0 Å². The smallest absolute Gasteiger partial charge is 0.227 e. The largest absolute Gasteiger partial charge is 0.361 e. The van der Waals surface area contributed by atoms with E-state index in [1.54, 1.807) is 0 Å². The molecule has 2 bridgehead atoms. The number of nitrogens with two attached hydrogens (primary N) is 1. The molecule has 1 saturated heterocycles. The molecule has 0 radical (unpaired) electrons. The number of hydrogen-bond donors (Lipinski definition) is 1. The van der Waals surface area contributed by atoms with Crippen molar-refractivity contribution < 1.29 is 9.32 Å². The molecule has 1 aromatic rings. The zero-order valence-corrected chi connectivity index (χ0v) is 14.7. The Balaban J connectivity index is 1.34. The van der Waals surface area contributed by atoms with Gasteiger partial charge in [-0.1, -0.05) is 5.16 Å². The second-order valence-corrected chi connectivity index (χ2v) is 7.84. The van der Waals surface area contributed by atoms with Crippen molar-refractivity contribution in [3.8, 4) is 0 Å². The van der Waals surface area contributed by atoms with Crippen molar-refractivity contribution in [2.45, 2.75) is 45.7 Å². The van der Waals surface area contributed by atoms with Crippen molar-refractivity contribution >= 4 is 5.91 Å². The van der Waals surface area contributed by atoms with Crippen LogP contribution in [0.15, 0.2) is 4.52 Å². The molecule has 3 aliphatic rings. The van der Waals surface area contributed by atoms with E-state index < -0.39 is 0 Å². The molecule has 24 heavy (non-hydrogen) atoms. The number of aromatic nitrogens is 1. The number of piperazine rings is 1. The average Bonchev–Trinajstić information content (AvgIpc) is 3.26. The molecule has 4 unspecified atom stereocenters. The van der Waals surface area contributed by atoms with Gasteiger partial charge < -0.3 is 15.2 Å². The first-order valence-electron chi connectivity index (χ1n) is 9.23. The Labute approximate surface area is 143 Å². The second-order valence-electron chi connectivity index (χ2n) is 7.84. The summed E-state index contributed by atoms with van der Waals surface area (Å²) in [5.74, 6) is 2.42. The van der Waals surface area contributed by atoms with Crippen LogP contribution < -0.4 is 5.73 Å². The number of carbonyl (C=O) groups is 1. The minimum atomic E-state index is 0.0814. The highest BCUT2D eigenvalue weighted by Gasteiger charge is 2.50. The van der Waals surface area contributed by atoms with E-state index in [4.69, 9.17) is 10.3 Å². The highest BCUT2D eigenvalue weighted by molar-refractivity contribution is 5.80. The molecule has 4 rings (SSSR count). The summed E-state index contributed by atoms with van der Waals surface area (Å²) in [7, 11) is 0. The number of fused-ring (bicyclic) bond motifs is 2. The molecule has 0 aromatic carbocycles. The first-order valence-corrected chi connectivity index (χ1v) is 9.23. The van der Waals surface area contributed by atoms with Gasteiger partial charge in [0.15, 0.2) is 0 Å². The third-order valence-corrected chi connectivity index (χ3v) is 6.51. The van der Waals surface area contributed by atoms with E-state index in [2.05, 4.69) is 15.0 Å². The fourth-order valence-corrected chi connectivity index (χ4v) is 4.99. The van der Waals surface area contributed by atoms with Crippen LogP contribution in [0.5, 0.6) is 0 Å². The van der Waals surface area contributed by atoms with E-state index in [-0.39, 0.29) is 12.0 Å². The molecule has 6 nitrogen and oxygen atoms in total. The molecule has 1 aliphatic heterocycles. The minimum absolute atomic E-state index is 0.0814. The molecule has 3 fully saturated rings. The van der Waals surface area contributed by atoms with Gasteiger partial charge in [0.2, 0.25) is 5.91 Å². The third kappa shape index (κ3) is 2.65. The molecular formula is C18H28N4O2. The molecule has 0 spiro atoms. The molecule has 2 saturated carbocycles. The maximum Gasteiger partial charge on any atom is 0.227 e. The van der Waals surface area contributed by atoms with E-state index >= 15 is 0 Å². The summed E-state index contributed by atoms with van der Waals surface area (Å²) < 4.78 is 5.25. The minimum Gasteiger partial charge on any atom is -0.361 e.